The Morgan fingerprint density at radius 3 is 2.61 bits per heavy atom. The summed E-state index contributed by atoms with van der Waals surface area (Å²) in [6.07, 6.45) is 0. The normalized spacial score (nSPS) is 23.8. The summed E-state index contributed by atoms with van der Waals surface area (Å²) in [6, 6.07) is 7.99. The summed E-state index contributed by atoms with van der Waals surface area (Å²) in [7, 11) is 1.88. The van der Waals surface area contributed by atoms with Crippen molar-refractivity contribution in [2.24, 2.45) is 0 Å². The zero-order valence-corrected chi connectivity index (χ0v) is 12.0. The number of hydrogen-bond acceptors (Lipinski definition) is 3. The van der Waals surface area contributed by atoms with Crippen LogP contribution in [0.4, 0.5) is 5.69 Å². The van der Waals surface area contributed by atoms with Crippen molar-refractivity contribution in [3.8, 4) is 0 Å². The van der Waals surface area contributed by atoms with E-state index in [2.05, 4.69) is 19.2 Å². The molecule has 4 heteroatoms. The molecule has 2 unspecified atom stereocenters. The number of amides is 1. The SMILES string of the molecule is CNc1ccc(C(=O)N2CCSC(C)C2C)cc1. The first-order valence-corrected chi connectivity index (χ1v) is 7.38. The number of nitrogens with one attached hydrogen (secondary N) is 1. The van der Waals surface area contributed by atoms with Gasteiger partial charge in [0.2, 0.25) is 0 Å². The third-order valence-corrected chi connectivity index (χ3v) is 4.90. The lowest BCUT2D eigenvalue weighted by molar-refractivity contribution is 0.0698. The molecule has 0 aromatic heterocycles. The van der Waals surface area contributed by atoms with Crippen LogP contribution in [0.15, 0.2) is 24.3 Å². The van der Waals surface area contributed by atoms with Crippen LogP contribution in [0, 0.1) is 0 Å². The monoisotopic (exact) mass is 264 g/mol. The summed E-state index contributed by atoms with van der Waals surface area (Å²) in [5, 5.41) is 3.57. The molecule has 98 valence electrons. The number of carbonyl (C=O) groups is 1. The van der Waals surface area contributed by atoms with E-state index in [0.717, 1.165) is 23.5 Å². The van der Waals surface area contributed by atoms with Gasteiger partial charge in [-0.2, -0.15) is 11.8 Å². The van der Waals surface area contributed by atoms with Crippen molar-refractivity contribution in [3.63, 3.8) is 0 Å². The predicted octanol–water partition coefficient (Wildman–Crippen LogP) is 2.69. The Morgan fingerprint density at radius 2 is 2.00 bits per heavy atom. The fourth-order valence-corrected chi connectivity index (χ4v) is 3.26. The van der Waals surface area contributed by atoms with Crippen molar-refractivity contribution >= 4 is 23.4 Å². The Balaban J connectivity index is 2.14. The Bertz CT molecular complexity index is 418. The van der Waals surface area contributed by atoms with Gasteiger partial charge < -0.3 is 10.2 Å². The molecule has 0 saturated carbocycles. The Morgan fingerprint density at radius 1 is 1.33 bits per heavy atom. The van der Waals surface area contributed by atoms with E-state index in [1.165, 1.54) is 0 Å². The molecule has 0 spiro atoms. The molecule has 1 saturated heterocycles. The maximum atomic E-state index is 12.5. The molecule has 1 amide bonds. The topological polar surface area (TPSA) is 32.3 Å². The molecule has 18 heavy (non-hydrogen) atoms. The molecule has 1 aliphatic rings. The van der Waals surface area contributed by atoms with Gasteiger partial charge in [0.05, 0.1) is 0 Å². The van der Waals surface area contributed by atoms with Gasteiger partial charge in [-0.25, -0.2) is 0 Å². The van der Waals surface area contributed by atoms with Gasteiger partial charge in [-0.1, -0.05) is 6.92 Å². The summed E-state index contributed by atoms with van der Waals surface area (Å²) in [5.41, 5.74) is 1.81. The largest absolute Gasteiger partial charge is 0.388 e. The molecule has 3 nitrogen and oxygen atoms in total. The molecule has 0 radical (unpaired) electrons. The molecule has 0 aliphatic carbocycles. The van der Waals surface area contributed by atoms with Gasteiger partial charge in [0.15, 0.2) is 0 Å². The fraction of sp³-hybridized carbons (Fsp3) is 0.500. The van der Waals surface area contributed by atoms with Crippen LogP contribution in [0.2, 0.25) is 0 Å². The van der Waals surface area contributed by atoms with Crippen molar-refractivity contribution in [3.05, 3.63) is 29.8 Å². The average molecular weight is 264 g/mol. The number of carbonyl (C=O) groups excluding carboxylic acids is 1. The molecule has 1 aromatic rings. The number of thioether (sulfide) groups is 1. The molecule has 0 bridgehead atoms. The van der Waals surface area contributed by atoms with E-state index in [1.807, 2.05) is 48.0 Å². The second-order valence-electron chi connectivity index (χ2n) is 4.64. The van der Waals surface area contributed by atoms with Crippen LogP contribution in [0.1, 0.15) is 24.2 Å². The minimum absolute atomic E-state index is 0.150. The molecule has 2 atom stereocenters. The van der Waals surface area contributed by atoms with Crippen molar-refractivity contribution in [2.45, 2.75) is 25.1 Å². The van der Waals surface area contributed by atoms with Gasteiger partial charge in [0.25, 0.3) is 5.91 Å². The van der Waals surface area contributed by atoms with Crippen LogP contribution < -0.4 is 5.32 Å². The Labute approximate surface area is 113 Å². The number of anilines is 1. The second-order valence-corrected chi connectivity index (χ2v) is 6.13. The quantitative estimate of drug-likeness (QED) is 0.891. The smallest absolute Gasteiger partial charge is 0.254 e. The van der Waals surface area contributed by atoms with E-state index in [0.29, 0.717) is 11.3 Å². The van der Waals surface area contributed by atoms with Gasteiger partial charge in [0, 0.05) is 41.9 Å². The molecule has 1 aliphatic heterocycles. The fourth-order valence-electron chi connectivity index (χ4n) is 2.17. The first-order valence-electron chi connectivity index (χ1n) is 6.34. The van der Waals surface area contributed by atoms with E-state index >= 15 is 0 Å². The zero-order valence-electron chi connectivity index (χ0n) is 11.1. The second kappa shape index (κ2) is 5.65. The molecular weight excluding hydrogens is 244 g/mol. The van der Waals surface area contributed by atoms with Crippen LogP contribution in [0.3, 0.4) is 0 Å². The number of rotatable bonds is 2. The summed E-state index contributed by atoms with van der Waals surface area (Å²) in [6.45, 7) is 5.18. The highest BCUT2D eigenvalue weighted by Gasteiger charge is 2.29. The first kappa shape index (κ1) is 13.3. The van der Waals surface area contributed by atoms with Crippen LogP contribution in [-0.2, 0) is 0 Å². The first-order chi connectivity index (χ1) is 8.63. The van der Waals surface area contributed by atoms with E-state index in [-0.39, 0.29) is 5.91 Å². The van der Waals surface area contributed by atoms with E-state index in [1.54, 1.807) is 0 Å². The van der Waals surface area contributed by atoms with Gasteiger partial charge in [-0.3, -0.25) is 4.79 Å². The van der Waals surface area contributed by atoms with Crippen LogP contribution in [-0.4, -0.2) is 41.4 Å². The lowest BCUT2D eigenvalue weighted by atomic mass is 10.1. The highest BCUT2D eigenvalue weighted by molar-refractivity contribution is 8.00. The van der Waals surface area contributed by atoms with Crippen molar-refractivity contribution < 1.29 is 4.79 Å². The highest BCUT2D eigenvalue weighted by Crippen LogP contribution is 2.25. The lowest BCUT2D eigenvalue weighted by Crippen LogP contribution is -2.47. The third kappa shape index (κ3) is 2.64. The third-order valence-electron chi connectivity index (χ3n) is 3.57. The van der Waals surface area contributed by atoms with Crippen molar-refractivity contribution in [1.29, 1.82) is 0 Å². The molecule has 1 heterocycles. The minimum atomic E-state index is 0.150. The highest BCUT2D eigenvalue weighted by atomic mass is 32.2. The maximum absolute atomic E-state index is 12.5. The molecule has 1 N–H and O–H groups in total. The van der Waals surface area contributed by atoms with Crippen molar-refractivity contribution in [1.82, 2.24) is 4.90 Å². The summed E-state index contributed by atoms with van der Waals surface area (Å²) < 4.78 is 0. The number of benzene rings is 1. The van der Waals surface area contributed by atoms with Gasteiger partial charge in [-0.05, 0) is 31.2 Å². The van der Waals surface area contributed by atoms with E-state index < -0.39 is 0 Å². The maximum Gasteiger partial charge on any atom is 0.254 e. The number of nitrogens with zero attached hydrogens (tertiary/aromatic N) is 1. The summed E-state index contributed by atoms with van der Waals surface area (Å²) >= 11 is 1.94. The minimum Gasteiger partial charge on any atom is -0.388 e. The standard InChI is InChI=1S/C14H20N2OS/c1-10-11(2)18-9-8-16(10)14(17)12-4-6-13(15-3)7-5-12/h4-7,10-11,15H,8-9H2,1-3H3. The zero-order chi connectivity index (χ0) is 13.1. The predicted molar refractivity (Wildman–Crippen MR) is 78.4 cm³/mol. The van der Waals surface area contributed by atoms with Crippen molar-refractivity contribution in [2.75, 3.05) is 24.7 Å². The lowest BCUT2D eigenvalue weighted by Gasteiger charge is -2.37. The molecule has 1 fully saturated rings. The summed E-state index contributed by atoms with van der Waals surface area (Å²) in [5.74, 6) is 1.18. The average Bonchev–Trinajstić information content (AvgIpc) is 2.41. The molecular formula is C14H20N2OS. The van der Waals surface area contributed by atoms with Crippen LogP contribution in [0.5, 0.6) is 0 Å². The molecule has 2 rings (SSSR count). The van der Waals surface area contributed by atoms with E-state index in [4.69, 9.17) is 0 Å². The van der Waals surface area contributed by atoms with Gasteiger partial charge in [-0.15, -0.1) is 0 Å². The molecule has 1 aromatic carbocycles. The van der Waals surface area contributed by atoms with Gasteiger partial charge in [0.1, 0.15) is 0 Å². The van der Waals surface area contributed by atoms with E-state index in [9.17, 15) is 4.79 Å². The van der Waals surface area contributed by atoms with Crippen LogP contribution in [0.25, 0.3) is 0 Å². The van der Waals surface area contributed by atoms with Gasteiger partial charge >= 0.3 is 0 Å². The number of hydrogen-bond donors (Lipinski definition) is 1. The Hall–Kier alpha value is -1.16. The Kier molecular flexibility index (Phi) is 4.17. The summed E-state index contributed by atoms with van der Waals surface area (Å²) in [4.78, 5) is 14.4. The van der Waals surface area contributed by atoms with Crippen LogP contribution >= 0.6 is 11.8 Å².